The number of sulfonamides is 1. The van der Waals surface area contributed by atoms with Crippen molar-refractivity contribution < 1.29 is 8.42 Å². The lowest BCUT2D eigenvalue weighted by molar-refractivity contribution is 0.442. The van der Waals surface area contributed by atoms with Crippen molar-refractivity contribution in [3.63, 3.8) is 0 Å². The highest BCUT2D eigenvalue weighted by molar-refractivity contribution is 7.89. The average Bonchev–Trinajstić information content (AvgIpc) is 2.48. The Hall–Kier alpha value is -1.11. The number of nitrogens with zero attached hydrogens (tertiary/aromatic N) is 2. The van der Waals surface area contributed by atoms with Gasteiger partial charge in [-0.05, 0) is 56.5 Å². The third kappa shape index (κ3) is 3.56. The number of anilines is 1. The lowest BCUT2D eigenvalue weighted by Crippen LogP contribution is -2.40. The molecule has 2 rings (SSSR count). The van der Waals surface area contributed by atoms with Crippen LogP contribution < -0.4 is 10.6 Å². The summed E-state index contributed by atoms with van der Waals surface area (Å²) in [5.74, 6) is 0. The maximum Gasteiger partial charge on any atom is 0.242 e. The van der Waals surface area contributed by atoms with Crippen LogP contribution >= 0.6 is 0 Å². The van der Waals surface area contributed by atoms with Crippen LogP contribution in [-0.4, -0.2) is 45.9 Å². The van der Waals surface area contributed by atoms with Gasteiger partial charge in [0.15, 0.2) is 0 Å². The molecule has 2 N–H and O–H groups in total. The summed E-state index contributed by atoms with van der Waals surface area (Å²) < 4.78 is 25.4. The third-order valence-electron chi connectivity index (χ3n) is 4.07. The van der Waals surface area contributed by atoms with E-state index in [0.29, 0.717) is 17.5 Å². The zero-order valence-corrected chi connectivity index (χ0v) is 13.6. The number of benzene rings is 1. The Balaban J connectivity index is 2.21. The van der Waals surface area contributed by atoms with Gasteiger partial charge < -0.3 is 10.6 Å². The van der Waals surface area contributed by atoms with Crippen LogP contribution in [0.4, 0.5) is 5.69 Å². The van der Waals surface area contributed by atoms with Crippen molar-refractivity contribution in [2.45, 2.75) is 36.6 Å². The summed E-state index contributed by atoms with van der Waals surface area (Å²) in [6, 6.07) is 7.67. The number of nitrogens with two attached hydrogens (primary N) is 1. The molecule has 1 saturated heterocycles. The van der Waals surface area contributed by atoms with Crippen LogP contribution in [0.2, 0.25) is 0 Å². The van der Waals surface area contributed by atoms with E-state index < -0.39 is 10.0 Å². The molecule has 118 valence electrons. The van der Waals surface area contributed by atoms with Crippen molar-refractivity contribution in [2.24, 2.45) is 5.73 Å². The van der Waals surface area contributed by atoms with Crippen LogP contribution in [0.15, 0.2) is 29.2 Å². The van der Waals surface area contributed by atoms with E-state index >= 15 is 0 Å². The first-order chi connectivity index (χ1) is 9.96. The molecular formula is C15H25N3O2S. The second-order valence-corrected chi connectivity index (χ2v) is 7.85. The Bertz CT molecular complexity index is 553. The largest absolute Gasteiger partial charge is 0.369 e. The van der Waals surface area contributed by atoms with Crippen molar-refractivity contribution in [3.8, 4) is 0 Å². The zero-order valence-electron chi connectivity index (χ0n) is 12.8. The first-order valence-corrected chi connectivity index (χ1v) is 8.90. The van der Waals surface area contributed by atoms with Crippen LogP contribution in [0.5, 0.6) is 0 Å². The van der Waals surface area contributed by atoms with Gasteiger partial charge in [-0.1, -0.05) is 0 Å². The number of rotatable bonds is 5. The van der Waals surface area contributed by atoms with Gasteiger partial charge in [0.2, 0.25) is 10.0 Å². The fourth-order valence-electron chi connectivity index (χ4n) is 2.85. The Morgan fingerprint density at radius 3 is 2.48 bits per heavy atom. The fraction of sp³-hybridized carbons (Fsp3) is 0.600. The molecule has 0 aromatic heterocycles. The van der Waals surface area contributed by atoms with Gasteiger partial charge in [0.05, 0.1) is 4.90 Å². The SMILES string of the molecule is CN(C)S(=O)(=O)c1ccc(N2CCCCC2CCN)cc1. The Labute approximate surface area is 127 Å². The van der Waals surface area contributed by atoms with E-state index in [-0.39, 0.29) is 0 Å². The highest BCUT2D eigenvalue weighted by atomic mass is 32.2. The van der Waals surface area contributed by atoms with Crippen LogP contribution in [0.1, 0.15) is 25.7 Å². The quantitative estimate of drug-likeness (QED) is 0.898. The molecule has 1 aromatic rings. The minimum Gasteiger partial charge on any atom is -0.369 e. The first-order valence-electron chi connectivity index (χ1n) is 7.46. The molecule has 0 amide bonds. The van der Waals surface area contributed by atoms with Crippen molar-refractivity contribution >= 4 is 15.7 Å². The molecule has 1 fully saturated rings. The van der Waals surface area contributed by atoms with Crippen molar-refractivity contribution in [1.29, 1.82) is 0 Å². The van der Waals surface area contributed by atoms with Crippen LogP contribution in [0.25, 0.3) is 0 Å². The first kappa shape index (κ1) is 16.3. The number of hydrogen-bond donors (Lipinski definition) is 1. The van der Waals surface area contributed by atoms with Crippen molar-refractivity contribution in [1.82, 2.24) is 4.31 Å². The molecule has 6 heteroatoms. The Morgan fingerprint density at radius 2 is 1.90 bits per heavy atom. The molecule has 1 unspecified atom stereocenters. The summed E-state index contributed by atoms with van der Waals surface area (Å²) in [6.45, 7) is 1.71. The summed E-state index contributed by atoms with van der Waals surface area (Å²) in [5, 5.41) is 0. The Kier molecular flexibility index (Phi) is 5.24. The van der Waals surface area contributed by atoms with Crippen molar-refractivity contribution in [2.75, 3.05) is 32.1 Å². The van der Waals surface area contributed by atoms with E-state index in [2.05, 4.69) is 4.90 Å². The van der Waals surface area contributed by atoms with Gasteiger partial charge >= 0.3 is 0 Å². The van der Waals surface area contributed by atoms with Crippen molar-refractivity contribution in [3.05, 3.63) is 24.3 Å². The molecule has 0 spiro atoms. The van der Waals surface area contributed by atoms with Gasteiger partial charge in [0, 0.05) is 32.4 Å². The summed E-state index contributed by atoms with van der Waals surface area (Å²) in [6.07, 6.45) is 4.57. The molecule has 1 atom stereocenters. The minimum absolute atomic E-state index is 0.337. The monoisotopic (exact) mass is 311 g/mol. The average molecular weight is 311 g/mol. The van der Waals surface area contributed by atoms with E-state index in [1.54, 1.807) is 26.2 Å². The second-order valence-electron chi connectivity index (χ2n) is 5.70. The smallest absolute Gasteiger partial charge is 0.242 e. The molecule has 0 saturated carbocycles. The lowest BCUT2D eigenvalue weighted by Gasteiger charge is -2.37. The molecule has 1 heterocycles. The summed E-state index contributed by atoms with van der Waals surface area (Å²) in [7, 11) is -0.260. The molecule has 5 nitrogen and oxygen atoms in total. The maximum absolute atomic E-state index is 12.1. The van der Waals surface area contributed by atoms with E-state index in [0.717, 1.165) is 25.1 Å². The van der Waals surface area contributed by atoms with Crippen LogP contribution in [0, 0.1) is 0 Å². The second kappa shape index (κ2) is 6.77. The summed E-state index contributed by atoms with van der Waals surface area (Å²) in [4.78, 5) is 2.70. The molecule has 1 aromatic carbocycles. The summed E-state index contributed by atoms with van der Waals surface area (Å²) >= 11 is 0. The van der Waals surface area contributed by atoms with E-state index in [1.807, 2.05) is 12.1 Å². The maximum atomic E-state index is 12.1. The zero-order chi connectivity index (χ0) is 15.5. The molecule has 1 aliphatic rings. The van der Waals surface area contributed by atoms with Gasteiger partial charge in [-0.2, -0.15) is 0 Å². The molecule has 1 aliphatic heterocycles. The molecule has 0 aliphatic carbocycles. The summed E-state index contributed by atoms with van der Waals surface area (Å²) in [5.41, 5.74) is 6.79. The van der Waals surface area contributed by atoms with E-state index in [9.17, 15) is 8.42 Å². The van der Waals surface area contributed by atoms with Gasteiger partial charge in [0.25, 0.3) is 0 Å². The third-order valence-corrected chi connectivity index (χ3v) is 5.90. The van der Waals surface area contributed by atoms with Crippen LogP contribution in [-0.2, 0) is 10.0 Å². The molecular weight excluding hydrogens is 286 g/mol. The Morgan fingerprint density at radius 1 is 1.24 bits per heavy atom. The van der Waals surface area contributed by atoms with Crippen LogP contribution in [0.3, 0.4) is 0 Å². The van der Waals surface area contributed by atoms with E-state index in [4.69, 9.17) is 5.73 Å². The van der Waals surface area contributed by atoms with Gasteiger partial charge in [-0.3, -0.25) is 0 Å². The van der Waals surface area contributed by atoms with E-state index in [1.165, 1.54) is 17.1 Å². The lowest BCUT2D eigenvalue weighted by atomic mass is 9.98. The molecule has 0 radical (unpaired) electrons. The highest BCUT2D eigenvalue weighted by Gasteiger charge is 2.23. The minimum atomic E-state index is -3.35. The fourth-order valence-corrected chi connectivity index (χ4v) is 3.76. The number of piperidine rings is 1. The number of hydrogen-bond acceptors (Lipinski definition) is 4. The topological polar surface area (TPSA) is 66.6 Å². The van der Waals surface area contributed by atoms with Gasteiger partial charge in [-0.15, -0.1) is 0 Å². The van der Waals surface area contributed by atoms with Gasteiger partial charge in [0.1, 0.15) is 0 Å². The normalized spacial score (nSPS) is 20.0. The molecule has 0 bridgehead atoms. The predicted octanol–water partition coefficient (Wildman–Crippen LogP) is 1.64. The predicted molar refractivity (Wildman–Crippen MR) is 86.0 cm³/mol. The standard InChI is InChI=1S/C15H25N3O2S/c1-17(2)21(19,20)15-8-6-14(7-9-15)18-12-4-3-5-13(18)10-11-16/h6-9,13H,3-5,10-12,16H2,1-2H3. The van der Waals surface area contributed by atoms with Gasteiger partial charge in [-0.25, -0.2) is 12.7 Å². The highest BCUT2D eigenvalue weighted by Crippen LogP contribution is 2.27. The molecule has 21 heavy (non-hydrogen) atoms.